The standard InChI is InChI=1S/C15H25N3/c1-12(2)16-8-15-6-7-18(11-15)10-14-5-4-13(3)17-9-14/h4-5,9,12,15-16H,6-8,10-11H2,1-3H3. The molecule has 1 unspecified atom stereocenters. The lowest BCUT2D eigenvalue weighted by molar-refractivity contribution is 0.312. The Bertz CT molecular complexity index is 359. The Kier molecular flexibility index (Phi) is 4.72. The Labute approximate surface area is 111 Å². The van der Waals surface area contributed by atoms with Crippen LogP contribution in [0.15, 0.2) is 18.3 Å². The van der Waals surface area contributed by atoms with E-state index >= 15 is 0 Å². The van der Waals surface area contributed by atoms with E-state index in [0.29, 0.717) is 6.04 Å². The van der Waals surface area contributed by atoms with Gasteiger partial charge in [-0.3, -0.25) is 9.88 Å². The van der Waals surface area contributed by atoms with Crippen LogP contribution in [0.2, 0.25) is 0 Å². The van der Waals surface area contributed by atoms with Gasteiger partial charge in [0.2, 0.25) is 0 Å². The molecule has 18 heavy (non-hydrogen) atoms. The molecule has 0 saturated carbocycles. The largest absolute Gasteiger partial charge is 0.314 e. The summed E-state index contributed by atoms with van der Waals surface area (Å²) in [6.45, 7) is 11.1. The molecule has 0 bridgehead atoms. The lowest BCUT2D eigenvalue weighted by Gasteiger charge is -2.17. The second-order valence-electron chi connectivity index (χ2n) is 5.76. The minimum atomic E-state index is 0.598. The smallest absolute Gasteiger partial charge is 0.0372 e. The third-order valence-corrected chi connectivity index (χ3v) is 3.56. The Morgan fingerprint density at radius 2 is 2.28 bits per heavy atom. The fourth-order valence-corrected chi connectivity index (χ4v) is 2.48. The van der Waals surface area contributed by atoms with Crippen LogP contribution in [-0.4, -0.2) is 35.6 Å². The molecule has 0 radical (unpaired) electrons. The highest BCUT2D eigenvalue weighted by Gasteiger charge is 2.22. The lowest BCUT2D eigenvalue weighted by Crippen LogP contribution is -2.30. The Hall–Kier alpha value is -0.930. The highest BCUT2D eigenvalue weighted by atomic mass is 15.1. The van der Waals surface area contributed by atoms with Crippen molar-refractivity contribution >= 4 is 0 Å². The molecule has 0 aliphatic carbocycles. The predicted octanol–water partition coefficient (Wildman–Crippen LogP) is 2.21. The third-order valence-electron chi connectivity index (χ3n) is 3.56. The zero-order valence-corrected chi connectivity index (χ0v) is 11.8. The van der Waals surface area contributed by atoms with Crippen LogP contribution in [0.5, 0.6) is 0 Å². The van der Waals surface area contributed by atoms with Crippen molar-refractivity contribution in [3.05, 3.63) is 29.6 Å². The summed E-state index contributed by atoms with van der Waals surface area (Å²) in [4.78, 5) is 6.90. The van der Waals surface area contributed by atoms with Gasteiger partial charge in [-0.15, -0.1) is 0 Å². The number of aromatic nitrogens is 1. The summed E-state index contributed by atoms with van der Waals surface area (Å²) >= 11 is 0. The molecule has 0 spiro atoms. The van der Waals surface area contributed by atoms with E-state index in [-0.39, 0.29) is 0 Å². The summed E-state index contributed by atoms with van der Waals surface area (Å²) in [6.07, 6.45) is 3.33. The average Bonchev–Trinajstić information content (AvgIpc) is 2.77. The van der Waals surface area contributed by atoms with Gasteiger partial charge >= 0.3 is 0 Å². The van der Waals surface area contributed by atoms with Gasteiger partial charge < -0.3 is 5.32 Å². The maximum Gasteiger partial charge on any atom is 0.0372 e. The van der Waals surface area contributed by atoms with E-state index in [1.165, 1.54) is 25.1 Å². The molecule has 1 saturated heterocycles. The number of pyridine rings is 1. The molecular formula is C15H25N3. The zero-order chi connectivity index (χ0) is 13.0. The Balaban J connectivity index is 1.77. The summed E-state index contributed by atoms with van der Waals surface area (Å²) in [5.74, 6) is 0.811. The topological polar surface area (TPSA) is 28.2 Å². The third kappa shape index (κ3) is 4.07. The number of nitrogens with one attached hydrogen (secondary N) is 1. The first-order chi connectivity index (χ1) is 8.63. The summed E-state index contributed by atoms with van der Waals surface area (Å²) in [5.41, 5.74) is 2.43. The molecule has 1 N–H and O–H groups in total. The Morgan fingerprint density at radius 3 is 2.94 bits per heavy atom. The second-order valence-corrected chi connectivity index (χ2v) is 5.76. The van der Waals surface area contributed by atoms with Crippen molar-refractivity contribution < 1.29 is 0 Å². The van der Waals surface area contributed by atoms with Crippen molar-refractivity contribution in [1.82, 2.24) is 15.2 Å². The number of likely N-dealkylation sites (tertiary alicyclic amines) is 1. The predicted molar refractivity (Wildman–Crippen MR) is 75.5 cm³/mol. The quantitative estimate of drug-likeness (QED) is 0.864. The molecule has 0 amide bonds. The van der Waals surface area contributed by atoms with Crippen LogP contribution < -0.4 is 5.32 Å². The molecule has 1 aromatic heterocycles. The molecule has 1 aromatic rings. The minimum Gasteiger partial charge on any atom is -0.314 e. The van der Waals surface area contributed by atoms with Crippen LogP contribution in [0.3, 0.4) is 0 Å². The molecular weight excluding hydrogens is 222 g/mol. The number of hydrogen-bond donors (Lipinski definition) is 1. The molecule has 3 nitrogen and oxygen atoms in total. The van der Waals surface area contributed by atoms with Crippen LogP contribution in [0.1, 0.15) is 31.5 Å². The minimum absolute atomic E-state index is 0.598. The van der Waals surface area contributed by atoms with Gasteiger partial charge in [-0.25, -0.2) is 0 Å². The number of rotatable bonds is 5. The molecule has 2 heterocycles. The zero-order valence-electron chi connectivity index (χ0n) is 11.8. The van der Waals surface area contributed by atoms with Crippen LogP contribution in [0.25, 0.3) is 0 Å². The molecule has 100 valence electrons. The van der Waals surface area contributed by atoms with E-state index < -0.39 is 0 Å². The summed E-state index contributed by atoms with van der Waals surface area (Å²) < 4.78 is 0. The molecule has 0 aromatic carbocycles. The highest BCUT2D eigenvalue weighted by molar-refractivity contribution is 5.13. The maximum atomic E-state index is 4.36. The van der Waals surface area contributed by atoms with Gasteiger partial charge in [-0.05, 0) is 44.0 Å². The molecule has 1 aliphatic heterocycles. The summed E-state index contributed by atoms with van der Waals surface area (Å²) in [7, 11) is 0. The first-order valence-corrected chi connectivity index (χ1v) is 7.01. The van der Waals surface area contributed by atoms with Crippen molar-refractivity contribution in [2.45, 2.75) is 39.8 Å². The molecule has 3 heteroatoms. The highest BCUT2D eigenvalue weighted by Crippen LogP contribution is 2.18. The van der Waals surface area contributed by atoms with Gasteiger partial charge in [-0.2, -0.15) is 0 Å². The van der Waals surface area contributed by atoms with E-state index in [0.717, 1.165) is 24.7 Å². The summed E-state index contributed by atoms with van der Waals surface area (Å²) in [6, 6.07) is 4.89. The van der Waals surface area contributed by atoms with Crippen molar-refractivity contribution in [1.29, 1.82) is 0 Å². The van der Waals surface area contributed by atoms with Gasteiger partial charge in [0.1, 0.15) is 0 Å². The monoisotopic (exact) mass is 247 g/mol. The SMILES string of the molecule is Cc1ccc(CN2CCC(CNC(C)C)C2)cn1. The van der Waals surface area contributed by atoms with E-state index in [9.17, 15) is 0 Å². The van der Waals surface area contributed by atoms with Gasteiger partial charge in [0, 0.05) is 31.0 Å². The number of hydrogen-bond acceptors (Lipinski definition) is 3. The van der Waals surface area contributed by atoms with Gasteiger partial charge in [0.05, 0.1) is 0 Å². The van der Waals surface area contributed by atoms with Crippen LogP contribution >= 0.6 is 0 Å². The van der Waals surface area contributed by atoms with Crippen LogP contribution in [-0.2, 0) is 6.54 Å². The fraction of sp³-hybridized carbons (Fsp3) is 0.667. The van der Waals surface area contributed by atoms with Crippen LogP contribution in [0.4, 0.5) is 0 Å². The number of nitrogens with zero attached hydrogens (tertiary/aromatic N) is 2. The van der Waals surface area contributed by atoms with Crippen molar-refractivity contribution in [2.75, 3.05) is 19.6 Å². The normalized spacial score (nSPS) is 20.8. The van der Waals surface area contributed by atoms with Crippen molar-refractivity contribution in [3.63, 3.8) is 0 Å². The Morgan fingerprint density at radius 1 is 1.44 bits per heavy atom. The summed E-state index contributed by atoms with van der Waals surface area (Å²) in [5, 5.41) is 3.54. The maximum absolute atomic E-state index is 4.36. The lowest BCUT2D eigenvalue weighted by atomic mass is 10.1. The molecule has 1 aliphatic rings. The van der Waals surface area contributed by atoms with E-state index in [1.807, 2.05) is 13.1 Å². The average molecular weight is 247 g/mol. The number of aryl methyl sites for hydroxylation is 1. The van der Waals surface area contributed by atoms with Gasteiger partial charge in [0.25, 0.3) is 0 Å². The molecule has 1 fully saturated rings. The first kappa shape index (κ1) is 13.5. The second kappa shape index (κ2) is 6.30. The fourth-order valence-electron chi connectivity index (χ4n) is 2.48. The first-order valence-electron chi connectivity index (χ1n) is 7.01. The molecule has 2 rings (SSSR count). The van der Waals surface area contributed by atoms with Crippen molar-refractivity contribution in [2.24, 2.45) is 5.92 Å². The van der Waals surface area contributed by atoms with Gasteiger partial charge in [-0.1, -0.05) is 19.9 Å². The van der Waals surface area contributed by atoms with E-state index in [2.05, 4.69) is 41.2 Å². The van der Waals surface area contributed by atoms with Crippen LogP contribution in [0, 0.1) is 12.8 Å². The van der Waals surface area contributed by atoms with Gasteiger partial charge in [0.15, 0.2) is 0 Å². The van der Waals surface area contributed by atoms with E-state index in [1.54, 1.807) is 0 Å². The molecule has 1 atom stereocenters. The van der Waals surface area contributed by atoms with Crippen molar-refractivity contribution in [3.8, 4) is 0 Å². The van der Waals surface area contributed by atoms with E-state index in [4.69, 9.17) is 0 Å².